The van der Waals surface area contributed by atoms with Crippen LogP contribution in [-0.2, 0) is 84.2 Å². The number of hydrogen-bond acceptors (Lipinski definition) is 6. The van der Waals surface area contributed by atoms with Gasteiger partial charge in [0.15, 0.2) is 0 Å². The Labute approximate surface area is 703 Å². The summed E-state index contributed by atoms with van der Waals surface area (Å²) in [7, 11) is -2.13. The van der Waals surface area contributed by atoms with Crippen molar-refractivity contribution in [2.45, 2.75) is 140 Å². The number of nitrogens with one attached hydrogen (secondary N) is 3. The molecule has 0 amide bonds. The normalized spacial score (nSPS) is 12.2. The minimum Gasteiger partial charge on any atom is 3.00 e. The van der Waals surface area contributed by atoms with Crippen molar-refractivity contribution in [3.8, 4) is 0 Å². The summed E-state index contributed by atoms with van der Waals surface area (Å²) in [6.07, 6.45) is 1.06. The first-order valence-corrected chi connectivity index (χ1v) is 43.6. The number of aryl methyl sites for hydroxylation is 5. The Kier molecular flexibility index (Phi) is 51.0. The maximum Gasteiger partial charge on any atom is 3.00 e. The molecule has 11 rings (SSSR count). The van der Waals surface area contributed by atoms with Gasteiger partial charge in [-0.1, -0.05) is 382 Å². The van der Waals surface area contributed by atoms with Gasteiger partial charge in [-0.25, -0.2) is 25.3 Å². The van der Waals surface area contributed by atoms with E-state index in [9.17, 15) is 25.3 Å². The molecule has 0 aromatic heterocycles. The second kappa shape index (κ2) is 54.2. The van der Waals surface area contributed by atoms with E-state index in [4.69, 9.17) is 17.2 Å². The minimum absolute atomic E-state index is 0. The molecule has 0 aliphatic rings. The third-order valence-electron chi connectivity index (χ3n) is 16.5. The molecule has 0 aliphatic heterocycles. The van der Waals surface area contributed by atoms with Crippen LogP contribution in [0.25, 0.3) is 31.4 Å². The molecule has 11 aromatic carbocycles. The SMILES string of the molecule is CS(=O)(=O)[N-][C@@H](c1ccccc1)[C@@H]([NH-])c1ccccc1.Cc1ccc(C(C)C)cc1.Cc1ccc(C(C)C)cc1.Cc1ccc(C(C)C)cc1.Cc1ccc(S(=O)(=O)[N-][C@@H](c2ccccc2)[C@@H]([NH-])c2ccccc2)cc1.Cc1ccc(S(=O)(=O)[N-][C@@H](c2ccccc2)[C@@H]([NH-])c2ccccc2)cc1.[CH3-].[CH3-].[CH3-].[Cl][Ru+3].[Cl][Ru+3].[Ru+3]. The number of sulfonamides is 3. The largest absolute Gasteiger partial charge is 3.00 e. The van der Waals surface area contributed by atoms with Gasteiger partial charge in [0.1, 0.15) is 20.0 Å². The molecule has 12 nitrogen and oxygen atoms in total. The van der Waals surface area contributed by atoms with E-state index < -0.39 is 66.3 Å². The van der Waals surface area contributed by atoms with Crippen LogP contribution in [0.15, 0.2) is 313 Å². The fraction of sp³-hybridized carbons (Fsp3) is 0.233. The molecular weight excluding hydrogens is 1730 g/mol. The standard InChI is InChI=1S/2C21H20N2O2S.C15H16N2O2S.3C10H14.3CH3.2ClH.3Ru/c2*1-16-12-14-19(15-13-16)26(24,25)23-21(18-10-6-3-7-11-18)20(22)17-8-4-2-5-9-17;1-20(18,19)17-15(13-10-6-3-7-11-13)14(16)12-8-4-2-5-9-12;3*1-8(2)10-6-4-9(3)5-7-10;;;;;;;;/h2*2-15,20-22H,1H3;2-11,14-16H,1H3;3*4-8H,1-3H3;3*1H3;2*1H;;;/q3*-2;;;;3*-1;;;+3;2*+4/p-2/t2*20-,21-;14-,15-;;;;;;;;;;;/m000.........../s1. The van der Waals surface area contributed by atoms with Crippen LogP contribution < -0.4 is 0 Å². The van der Waals surface area contributed by atoms with Crippen LogP contribution >= 0.6 is 19.4 Å². The molecule has 110 heavy (non-hydrogen) atoms. The van der Waals surface area contributed by atoms with E-state index in [0.29, 0.717) is 28.9 Å². The molecule has 0 bridgehead atoms. The predicted octanol–water partition coefficient (Wildman–Crippen LogP) is 27.1. The number of hydrogen-bond donors (Lipinski definition) is 0. The first-order chi connectivity index (χ1) is 50.5. The van der Waals surface area contributed by atoms with E-state index in [2.05, 4.69) is 169 Å². The van der Waals surface area contributed by atoms with Crippen molar-refractivity contribution in [2.75, 3.05) is 6.26 Å². The van der Waals surface area contributed by atoms with Crippen LogP contribution in [0.3, 0.4) is 0 Å². The zero-order valence-corrected chi connectivity index (χ0v) is 74.6. The molecule has 0 saturated heterocycles. The summed E-state index contributed by atoms with van der Waals surface area (Å²) in [5, 5.41) is 0. The van der Waals surface area contributed by atoms with Gasteiger partial charge in [-0.2, -0.15) is 0 Å². The molecule has 0 fully saturated rings. The van der Waals surface area contributed by atoms with Gasteiger partial charge >= 0.3 is 73.5 Å². The smallest absolute Gasteiger partial charge is 3.00 e. The van der Waals surface area contributed by atoms with Crippen LogP contribution in [-0.4, -0.2) is 31.5 Å². The summed E-state index contributed by atoms with van der Waals surface area (Å²) in [5.41, 5.74) is 40.1. The number of halogens is 2. The summed E-state index contributed by atoms with van der Waals surface area (Å²) in [6.45, 7) is 23.4. The van der Waals surface area contributed by atoms with Gasteiger partial charge in [-0.3, -0.25) is 0 Å². The van der Waals surface area contributed by atoms with Gasteiger partial charge in [-0.05, 0) is 93.3 Å². The van der Waals surface area contributed by atoms with Gasteiger partial charge in [0.05, 0.1) is 10.0 Å². The second-order valence-corrected chi connectivity index (χ2v) is 31.0. The fourth-order valence-electron chi connectivity index (χ4n) is 10.3. The first kappa shape index (κ1) is 103. The van der Waals surface area contributed by atoms with E-state index in [1.807, 2.05) is 218 Å². The minimum atomic E-state index is -3.87. The third kappa shape index (κ3) is 37.0. The summed E-state index contributed by atoms with van der Waals surface area (Å²) in [4.78, 5) is 0.286. The Morgan fingerprint density at radius 1 is 0.264 bits per heavy atom. The van der Waals surface area contributed by atoms with Gasteiger partial charge in [0.2, 0.25) is 0 Å². The monoisotopic (exact) mass is 1840 g/mol. The van der Waals surface area contributed by atoms with Crippen molar-refractivity contribution in [1.82, 2.24) is 0 Å². The predicted molar refractivity (Wildman–Crippen MR) is 456 cm³/mol. The van der Waals surface area contributed by atoms with E-state index >= 15 is 0 Å². The maximum atomic E-state index is 12.8. The molecule has 0 heterocycles. The molecule has 1 radical (unpaired) electrons. The topological polar surface area (TPSA) is 216 Å². The van der Waals surface area contributed by atoms with Crippen molar-refractivity contribution < 1.29 is 79.4 Å². The van der Waals surface area contributed by atoms with E-state index in [1.165, 1.54) is 33.4 Å². The van der Waals surface area contributed by atoms with Crippen LogP contribution in [0.1, 0.15) is 173 Å². The van der Waals surface area contributed by atoms with Gasteiger partial charge in [0, 0.05) is 16.0 Å². The zero-order chi connectivity index (χ0) is 78.4. The van der Waals surface area contributed by atoms with Crippen molar-refractivity contribution in [1.29, 1.82) is 0 Å². The molecule has 11 aromatic rings. The van der Waals surface area contributed by atoms with E-state index in [1.54, 1.807) is 60.7 Å². The molecule has 3 N–H and O–H groups in total. The third-order valence-corrected chi connectivity index (χ3v) is 19.9. The van der Waals surface area contributed by atoms with E-state index in [0.717, 1.165) is 39.6 Å². The maximum absolute atomic E-state index is 12.8. The second-order valence-electron chi connectivity index (χ2n) is 26.1. The average Bonchev–Trinajstić information content (AvgIpc) is 0.815. The van der Waals surface area contributed by atoms with Gasteiger partial charge < -0.3 is 53.6 Å². The molecule has 20 heteroatoms. The summed E-state index contributed by atoms with van der Waals surface area (Å²) in [5.74, 6) is 1.96. The van der Waals surface area contributed by atoms with Crippen LogP contribution in [0.4, 0.5) is 0 Å². The van der Waals surface area contributed by atoms with Crippen molar-refractivity contribution in [2.24, 2.45) is 0 Å². The number of nitrogens with zero attached hydrogens (tertiary/aromatic N) is 3. The van der Waals surface area contributed by atoms with Crippen molar-refractivity contribution in [3.05, 3.63) is 435 Å². The Morgan fingerprint density at radius 2 is 0.427 bits per heavy atom. The number of benzene rings is 11. The zero-order valence-electron chi connectivity index (χ0n) is 65.4. The molecule has 0 spiro atoms. The van der Waals surface area contributed by atoms with E-state index in [-0.39, 0.29) is 51.5 Å². The molecule has 589 valence electrons. The Balaban J connectivity index is 0.00000133. The Hall–Kier alpha value is -6.52. The molecule has 0 unspecified atom stereocenters. The van der Waals surface area contributed by atoms with Crippen LogP contribution in [0.2, 0.25) is 0 Å². The molecule has 6 atom stereocenters. The fourth-order valence-corrected chi connectivity index (χ4v) is 13.3. The Bertz CT molecular complexity index is 4280. The first-order valence-electron chi connectivity index (χ1n) is 34.4. The van der Waals surface area contributed by atoms with Crippen LogP contribution in [0.5, 0.6) is 0 Å². The summed E-state index contributed by atoms with van der Waals surface area (Å²) < 4.78 is 86.4. The summed E-state index contributed by atoms with van der Waals surface area (Å²) >= 11 is 3.64. The van der Waals surface area contributed by atoms with Gasteiger partial charge in [0.25, 0.3) is 0 Å². The number of rotatable bonds is 20. The van der Waals surface area contributed by atoms with Crippen molar-refractivity contribution in [3.63, 3.8) is 0 Å². The van der Waals surface area contributed by atoms with Crippen LogP contribution in [0, 0.1) is 56.9 Å². The quantitative estimate of drug-likeness (QED) is 0.0534. The molecule has 0 aliphatic carbocycles. The molecule has 0 saturated carbocycles. The summed E-state index contributed by atoms with van der Waals surface area (Å²) in [6, 6.07) is 89.4. The van der Waals surface area contributed by atoms with Gasteiger partial charge in [-0.15, -0.1) is 36.3 Å². The Morgan fingerprint density at radius 3 is 0.600 bits per heavy atom. The molecular formula is C90H107Cl2N6O6Ru3S3. The van der Waals surface area contributed by atoms with Crippen molar-refractivity contribution >= 4 is 49.5 Å². The average molecular weight is 1840 g/mol.